The van der Waals surface area contributed by atoms with Gasteiger partial charge in [0.05, 0.1) is 11.0 Å². The van der Waals surface area contributed by atoms with Crippen LogP contribution in [0.2, 0.25) is 0 Å². The van der Waals surface area contributed by atoms with E-state index < -0.39 is 10.0 Å². The van der Waals surface area contributed by atoms with E-state index in [0.717, 1.165) is 19.3 Å². The first-order valence-corrected chi connectivity index (χ1v) is 8.21. The van der Waals surface area contributed by atoms with Crippen molar-refractivity contribution in [1.82, 2.24) is 4.31 Å². The zero-order valence-electron chi connectivity index (χ0n) is 11.5. The van der Waals surface area contributed by atoms with E-state index in [1.807, 2.05) is 13.8 Å². The van der Waals surface area contributed by atoms with Gasteiger partial charge in [-0.15, -0.1) is 0 Å². The second kappa shape index (κ2) is 5.92. The number of sulfonamides is 1. The van der Waals surface area contributed by atoms with Gasteiger partial charge in [-0.2, -0.15) is 4.31 Å². The molecule has 1 saturated heterocycles. The molecule has 0 bridgehead atoms. The van der Waals surface area contributed by atoms with Crippen molar-refractivity contribution in [1.29, 1.82) is 0 Å². The van der Waals surface area contributed by atoms with Crippen LogP contribution in [0.1, 0.15) is 33.1 Å². The molecule has 19 heavy (non-hydrogen) atoms. The number of ether oxygens (including phenoxy) is 1. The topological polar surface area (TPSA) is 46.6 Å². The second-order valence-corrected chi connectivity index (χ2v) is 7.04. The summed E-state index contributed by atoms with van der Waals surface area (Å²) in [4.78, 5) is 0.352. The summed E-state index contributed by atoms with van der Waals surface area (Å²) in [6, 6.07) is 6.69. The van der Waals surface area contributed by atoms with Gasteiger partial charge in [-0.1, -0.05) is 6.42 Å². The summed E-state index contributed by atoms with van der Waals surface area (Å²) < 4.78 is 31.9. The van der Waals surface area contributed by atoms with E-state index in [0.29, 0.717) is 23.7 Å². The lowest BCUT2D eigenvalue weighted by atomic mass is 10.2. The van der Waals surface area contributed by atoms with Gasteiger partial charge >= 0.3 is 0 Å². The third kappa shape index (κ3) is 3.48. The van der Waals surface area contributed by atoms with E-state index in [1.54, 1.807) is 28.6 Å². The van der Waals surface area contributed by atoms with Crippen LogP contribution >= 0.6 is 0 Å². The van der Waals surface area contributed by atoms with Gasteiger partial charge < -0.3 is 4.74 Å². The number of hydrogen-bond donors (Lipinski definition) is 0. The SMILES string of the molecule is CC(C)Oc1ccc(S(=O)(=O)N2CCCCC2)cc1. The third-order valence-corrected chi connectivity index (χ3v) is 5.06. The zero-order valence-corrected chi connectivity index (χ0v) is 12.3. The molecule has 1 aliphatic rings. The maximum atomic E-state index is 12.4. The average Bonchev–Trinajstić information content (AvgIpc) is 2.40. The summed E-state index contributed by atoms with van der Waals surface area (Å²) in [7, 11) is -3.33. The highest BCUT2D eigenvalue weighted by Crippen LogP contribution is 2.22. The van der Waals surface area contributed by atoms with Crippen molar-refractivity contribution in [3.8, 4) is 5.75 Å². The quantitative estimate of drug-likeness (QED) is 0.853. The molecule has 1 aromatic carbocycles. The molecule has 2 rings (SSSR count). The van der Waals surface area contributed by atoms with E-state index in [-0.39, 0.29) is 6.10 Å². The van der Waals surface area contributed by atoms with Gasteiger partial charge in [0.1, 0.15) is 5.75 Å². The molecular weight excluding hydrogens is 262 g/mol. The first kappa shape index (κ1) is 14.3. The number of piperidine rings is 1. The van der Waals surface area contributed by atoms with E-state index in [9.17, 15) is 8.42 Å². The minimum atomic E-state index is -3.33. The fourth-order valence-corrected chi connectivity index (χ4v) is 3.73. The molecule has 1 aromatic rings. The molecule has 0 unspecified atom stereocenters. The molecule has 0 aromatic heterocycles. The summed E-state index contributed by atoms with van der Waals surface area (Å²) in [6.45, 7) is 5.15. The molecule has 106 valence electrons. The summed E-state index contributed by atoms with van der Waals surface area (Å²) in [5.41, 5.74) is 0. The summed E-state index contributed by atoms with van der Waals surface area (Å²) in [5, 5.41) is 0. The monoisotopic (exact) mass is 283 g/mol. The summed E-state index contributed by atoms with van der Waals surface area (Å²) in [5.74, 6) is 0.701. The van der Waals surface area contributed by atoms with Crippen molar-refractivity contribution in [2.24, 2.45) is 0 Å². The minimum absolute atomic E-state index is 0.0875. The van der Waals surface area contributed by atoms with Crippen LogP contribution in [0, 0.1) is 0 Å². The zero-order chi connectivity index (χ0) is 13.9. The Labute approximate surface area is 115 Å². The standard InChI is InChI=1S/C14H21NO3S/c1-12(2)18-13-6-8-14(9-7-13)19(16,17)15-10-4-3-5-11-15/h6-9,12H,3-5,10-11H2,1-2H3. The van der Waals surface area contributed by atoms with Crippen LogP contribution in [0.15, 0.2) is 29.2 Å². The van der Waals surface area contributed by atoms with Gasteiger partial charge in [0.2, 0.25) is 10.0 Å². The van der Waals surface area contributed by atoms with E-state index >= 15 is 0 Å². The molecule has 1 aliphatic heterocycles. The highest BCUT2D eigenvalue weighted by molar-refractivity contribution is 7.89. The Morgan fingerprint density at radius 3 is 2.16 bits per heavy atom. The minimum Gasteiger partial charge on any atom is -0.491 e. The van der Waals surface area contributed by atoms with Gasteiger partial charge in [-0.05, 0) is 51.0 Å². The molecule has 0 radical (unpaired) electrons. The first-order valence-electron chi connectivity index (χ1n) is 6.77. The molecule has 0 saturated carbocycles. The Morgan fingerprint density at radius 2 is 1.63 bits per heavy atom. The fraction of sp³-hybridized carbons (Fsp3) is 0.571. The van der Waals surface area contributed by atoms with E-state index in [1.165, 1.54) is 0 Å². The smallest absolute Gasteiger partial charge is 0.243 e. The van der Waals surface area contributed by atoms with E-state index in [2.05, 4.69) is 0 Å². The molecular formula is C14H21NO3S. The van der Waals surface area contributed by atoms with Crippen LogP contribution in [0.4, 0.5) is 0 Å². The molecule has 0 amide bonds. The number of hydrogen-bond acceptors (Lipinski definition) is 3. The lowest BCUT2D eigenvalue weighted by molar-refractivity contribution is 0.242. The van der Waals surface area contributed by atoms with Gasteiger partial charge in [0.25, 0.3) is 0 Å². The molecule has 0 atom stereocenters. The molecule has 1 heterocycles. The van der Waals surface area contributed by atoms with Crippen molar-refractivity contribution >= 4 is 10.0 Å². The van der Waals surface area contributed by atoms with Gasteiger partial charge in [-0.25, -0.2) is 8.42 Å². The van der Waals surface area contributed by atoms with Crippen molar-refractivity contribution in [2.45, 2.75) is 44.1 Å². The summed E-state index contributed by atoms with van der Waals surface area (Å²) >= 11 is 0. The maximum absolute atomic E-state index is 12.4. The van der Waals surface area contributed by atoms with Crippen LogP contribution in [0.5, 0.6) is 5.75 Å². The fourth-order valence-electron chi connectivity index (χ4n) is 2.22. The third-order valence-electron chi connectivity index (χ3n) is 3.15. The summed E-state index contributed by atoms with van der Waals surface area (Å²) in [6.07, 6.45) is 3.11. The van der Waals surface area contributed by atoms with Crippen molar-refractivity contribution in [3.05, 3.63) is 24.3 Å². The highest BCUT2D eigenvalue weighted by Gasteiger charge is 2.25. The van der Waals surface area contributed by atoms with Crippen molar-refractivity contribution in [3.63, 3.8) is 0 Å². The molecule has 1 fully saturated rings. The van der Waals surface area contributed by atoms with E-state index in [4.69, 9.17) is 4.74 Å². The highest BCUT2D eigenvalue weighted by atomic mass is 32.2. The van der Waals surface area contributed by atoms with Crippen LogP contribution in [-0.4, -0.2) is 31.9 Å². The van der Waals surface area contributed by atoms with Gasteiger partial charge in [0, 0.05) is 13.1 Å². The van der Waals surface area contributed by atoms with Crippen molar-refractivity contribution in [2.75, 3.05) is 13.1 Å². The second-order valence-electron chi connectivity index (χ2n) is 5.10. The molecule has 0 N–H and O–H groups in total. The predicted molar refractivity (Wildman–Crippen MR) is 74.8 cm³/mol. The Bertz CT molecular complexity index is 502. The predicted octanol–water partition coefficient (Wildman–Crippen LogP) is 2.65. The largest absolute Gasteiger partial charge is 0.491 e. The Hall–Kier alpha value is -1.07. The van der Waals surface area contributed by atoms with Gasteiger partial charge in [-0.3, -0.25) is 0 Å². The van der Waals surface area contributed by atoms with Crippen LogP contribution in [0.25, 0.3) is 0 Å². The normalized spacial score (nSPS) is 17.6. The number of rotatable bonds is 4. The Morgan fingerprint density at radius 1 is 1.05 bits per heavy atom. The van der Waals surface area contributed by atoms with Crippen LogP contribution < -0.4 is 4.74 Å². The number of benzene rings is 1. The first-order chi connectivity index (χ1) is 9.00. The Balaban J connectivity index is 2.16. The molecule has 5 heteroatoms. The van der Waals surface area contributed by atoms with Gasteiger partial charge in [0.15, 0.2) is 0 Å². The van der Waals surface area contributed by atoms with Crippen LogP contribution in [0.3, 0.4) is 0 Å². The Kier molecular flexibility index (Phi) is 4.47. The van der Waals surface area contributed by atoms with Crippen LogP contribution in [-0.2, 0) is 10.0 Å². The number of nitrogens with zero attached hydrogens (tertiary/aromatic N) is 1. The average molecular weight is 283 g/mol. The van der Waals surface area contributed by atoms with Crippen molar-refractivity contribution < 1.29 is 13.2 Å². The lowest BCUT2D eigenvalue weighted by Gasteiger charge is -2.25. The molecule has 0 spiro atoms. The lowest BCUT2D eigenvalue weighted by Crippen LogP contribution is -2.35. The maximum Gasteiger partial charge on any atom is 0.243 e. The molecule has 0 aliphatic carbocycles. The molecule has 4 nitrogen and oxygen atoms in total.